The van der Waals surface area contributed by atoms with Gasteiger partial charge in [-0.2, -0.15) is 5.26 Å². The molecule has 0 bridgehead atoms. The topological polar surface area (TPSA) is 41.1 Å². The van der Waals surface area contributed by atoms with Gasteiger partial charge in [0, 0.05) is 15.7 Å². The Morgan fingerprint density at radius 2 is 1.96 bits per heavy atom. The Hall–Kier alpha value is -1.83. The number of halogens is 2. The molecule has 3 rings (SSSR count). The normalized spacial score (nSPS) is 11.2. The SMILES string of the molecule is Cc1cc(Cl)n2c(C#N)cc(-c3ccc(C(C)C)cc3Br)c2n1. The lowest BCUT2D eigenvalue weighted by molar-refractivity contribution is 0.866. The molecule has 3 aromatic rings. The monoisotopic (exact) mass is 387 g/mol. The Morgan fingerprint density at radius 3 is 2.57 bits per heavy atom. The van der Waals surface area contributed by atoms with Crippen molar-refractivity contribution in [3.05, 3.63) is 56.9 Å². The fourth-order valence-electron chi connectivity index (χ4n) is 2.65. The highest BCUT2D eigenvalue weighted by molar-refractivity contribution is 9.10. The first kappa shape index (κ1) is 16.0. The molecule has 0 atom stereocenters. The highest BCUT2D eigenvalue weighted by Gasteiger charge is 2.17. The van der Waals surface area contributed by atoms with Crippen molar-refractivity contribution in [2.24, 2.45) is 0 Å². The van der Waals surface area contributed by atoms with Gasteiger partial charge in [0.15, 0.2) is 0 Å². The van der Waals surface area contributed by atoms with Crippen LogP contribution in [-0.4, -0.2) is 9.38 Å². The summed E-state index contributed by atoms with van der Waals surface area (Å²) in [5.74, 6) is 0.454. The van der Waals surface area contributed by atoms with Gasteiger partial charge in [-0.05, 0) is 42.2 Å². The lowest BCUT2D eigenvalue weighted by atomic mass is 9.99. The molecule has 116 valence electrons. The van der Waals surface area contributed by atoms with Crippen LogP contribution in [0.2, 0.25) is 5.15 Å². The van der Waals surface area contributed by atoms with Crippen LogP contribution >= 0.6 is 27.5 Å². The van der Waals surface area contributed by atoms with Crippen LogP contribution in [0.5, 0.6) is 0 Å². The number of hydrogen-bond acceptors (Lipinski definition) is 2. The maximum atomic E-state index is 9.41. The van der Waals surface area contributed by atoms with Gasteiger partial charge in [0.2, 0.25) is 0 Å². The maximum Gasteiger partial charge on any atom is 0.147 e. The first-order valence-corrected chi connectivity index (χ1v) is 8.48. The second-order valence-corrected chi connectivity index (χ2v) is 7.07. The van der Waals surface area contributed by atoms with Gasteiger partial charge in [0.05, 0.1) is 0 Å². The number of hydrogen-bond donors (Lipinski definition) is 0. The van der Waals surface area contributed by atoms with Gasteiger partial charge in [0.1, 0.15) is 22.6 Å². The quantitative estimate of drug-likeness (QED) is 0.527. The lowest BCUT2D eigenvalue weighted by Crippen LogP contribution is -1.95. The zero-order valence-corrected chi connectivity index (χ0v) is 15.4. The molecule has 0 spiro atoms. The van der Waals surface area contributed by atoms with Crippen molar-refractivity contribution < 1.29 is 0 Å². The summed E-state index contributed by atoms with van der Waals surface area (Å²) in [4.78, 5) is 4.59. The molecule has 0 amide bonds. The maximum absolute atomic E-state index is 9.41. The van der Waals surface area contributed by atoms with E-state index in [4.69, 9.17) is 11.6 Å². The summed E-state index contributed by atoms with van der Waals surface area (Å²) in [6.07, 6.45) is 0. The Balaban J connectivity index is 2.31. The zero-order valence-electron chi connectivity index (χ0n) is 13.1. The van der Waals surface area contributed by atoms with Gasteiger partial charge in [-0.1, -0.05) is 53.5 Å². The van der Waals surface area contributed by atoms with Gasteiger partial charge >= 0.3 is 0 Å². The van der Waals surface area contributed by atoms with E-state index in [-0.39, 0.29) is 0 Å². The average Bonchev–Trinajstić information content (AvgIpc) is 2.85. The van der Waals surface area contributed by atoms with Crippen LogP contribution in [0.25, 0.3) is 16.8 Å². The molecule has 0 fully saturated rings. The summed E-state index contributed by atoms with van der Waals surface area (Å²) in [5, 5.41) is 9.90. The van der Waals surface area contributed by atoms with Crippen molar-refractivity contribution in [1.29, 1.82) is 5.26 Å². The average molecular weight is 389 g/mol. The molecule has 0 N–H and O–H groups in total. The molecule has 0 aliphatic carbocycles. The molecule has 0 saturated heterocycles. The van der Waals surface area contributed by atoms with Crippen molar-refractivity contribution >= 4 is 33.2 Å². The Bertz CT molecular complexity index is 951. The van der Waals surface area contributed by atoms with Crippen molar-refractivity contribution in [3.63, 3.8) is 0 Å². The molecule has 2 aromatic heterocycles. The third kappa shape index (κ3) is 2.75. The lowest BCUT2D eigenvalue weighted by Gasteiger charge is -2.10. The number of aryl methyl sites for hydroxylation is 1. The molecule has 5 heteroatoms. The number of nitriles is 1. The third-order valence-electron chi connectivity index (χ3n) is 3.86. The van der Waals surface area contributed by atoms with Crippen molar-refractivity contribution in [2.75, 3.05) is 0 Å². The van der Waals surface area contributed by atoms with Crippen molar-refractivity contribution in [2.45, 2.75) is 26.7 Å². The number of rotatable bonds is 2. The van der Waals surface area contributed by atoms with Crippen LogP contribution in [-0.2, 0) is 0 Å². The Labute approximate surface area is 148 Å². The minimum Gasteiger partial charge on any atom is -0.275 e. The molecule has 1 aromatic carbocycles. The molecular formula is C18H15BrClN3. The molecule has 3 nitrogen and oxygen atoms in total. The minimum atomic E-state index is 0.454. The molecule has 0 saturated carbocycles. The van der Waals surface area contributed by atoms with E-state index in [9.17, 15) is 5.26 Å². The van der Waals surface area contributed by atoms with Crippen LogP contribution in [0.1, 0.15) is 36.7 Å². The van der Waals surface area contributed by atoms with Crippen LogP contribution in [0.3, 0.4) is 0 Å². The molecule has 0 unspecified atom stereocenters. The number of fused-ring (bicyclic) bond motifs is 1. The summed E-state index contributed by atoms with van der Waals surface area (Å²) < 4.78 is 2.67. The predicted molar refractivity (Wildman–Crippen MR) is 96.9 cm³/mol. The predicted octanol–water partition coefficient (Wildman–Crippen LogP) is 5.72. The van der Waals surface area contributed by atoms with E-state index >= 15 is 0 Å². The van der Waals surface area contributed by atoms with Crippen molar-refractivity contribution in [3.8, 4) is 17.2 Å². The Kier molecular flexibility index (Phi) is 4.18. The minimum absolute atomic E-state index is 0.454. The number of aromatic nitrogens is 2. The van der Waals surface area contributed by atoms with E-state index in [1.165, 1.54) is 5.56 Å². The van der Waals surface area contributed by atoms with Crippen LogP contribution < -0.4 is 0 Å². The third-order valence-corrected chi connectivity index (χ3v) is 4.80. The van der Waals surface area contributed by atoms with E-state index in [1.807, 2.05) is 13.0 Å². The van der Waals surface area contributed by atoms with Gasteiger partial charge in [-0.25, -0.2) is 4.98 Å². The molecule has 0 radical (unpaired) electrons. The highest BCUT2D eigenvalue weighted by atomic mass is 79.9. The second kappa shape index (κ2) is 5.99. The standard InChI is InChI=1S/C18H15BrClN3/c1-10(2)12-4-5-14(16(19)7-12)15-8-13(9-21)23-17(20)6-11(3)22-18(15)23/h4-8,10H,1-3H3. The van der Waals surface area contributed by atoms with E-state index in [0.717, 1.165) is 21.3 Å². The smallest absolute Gasteiger partial charge is 0.147 e. The summed E-state index contributed by atoms with van der Waals surface area (Å²) >= 11 is 9.97. The molecular weight excluding hydrogens is 374 g/mol. The van der Waals surface area contributed by atoms with Gasteiger partial charge in [-0.15, -0.1) is 0 Å². The summed E-state index contributed by atoms with van der Waals surface area (Å²) in [6, 6.07) is 12.1. The van der Waals surface area contributed by atoms with E-state index < -0.39 is 0 Å². The second-order valence-electron chi connectivity index (χ2n) is 5.83. The fraction of sp³-hybridized carbons (Fsp3) is 0.222. The molecule has 23 heavy (non-hydrogen) atoms. The molecule has 2 heterocycles. The molecule has 0 aliphatic rings. The van der Waals surface area contributed by atoms with Gasteiger partial charge in [0.25, 0.3) is 0 Å². The summed E-state index contributed by atoms with van der Waals surface area (Å²) in [5.41, 5.74) is 5.15. The van der Waals surface area contributed by atoms with Gasteiger partial charge in [-0.3, -0.25) is 4.40 Å². The van der Waals surface area contributed by atoms with Gasteiger partial charge < -0.3 is 0 Å². The molecule has 0 aliphatic heterocycles. The fourth-order valence-corrected chi connectivity index (χ4v) is 3.59. The summed E-state index contributed by atoms with van der Waals surface area (Å²) in [7, 11) is 0. The van der Waals surface area contributed by atoms with Crippen LogP contribution in [0, 0.1) is 18.3 Å². The number of benzene rings is 1. The number of nitrogens with zero attached hydrogens (tertiary/aromatic N) is 3. The largest absolute Gasteiger partial charge is 0.275 e. The van der Waals surface area contributed by atoms with Crippen LogP contribution in [0.4, 0.5) is 0 Å². The first-order chi connectivity index (χ1) is 10.9. The van der Waals surface area contributed by atoms with Crippen molar-refractivity contribution in [1.82, 2.24) is 9.38 Å². The van der Waals surface area contributed by atoms with E-state index in [0.29, 0.717) is 22.4 Å². The summed E-state index contributed by atoms with van der Waals surface area (Å²) in [6.45, 7) is 6.22. The van der Waals surface area contributed by atoms with E-state index in [1.54, 1.807) is 10.5 Å². The van der Waals surface area contributed by atoms with E-state index in [2.05, 4.69) is 59.0 Å². The highest BCUT2D eigenvalue weighted by Crippen LogP contribution is 2.35. The zero-order chi connectivity index (χ0) is 16.7. The first-order valence-electron chi connectivity index (χ1n) is 7.31. The Morgan fingerprint density at radius 1 is 1.22 bits per heavy atom. The van der Waals surface area contributed by atoms with Crippen LogP contribution in [0.15, 0.2) is 34.8 Å².